The molecule has 2 heterocycles. The SMILES string of the molecule is CCCc1nc(C)cc(NC2CCS(=O)(=O)C2)n1. The maximum absolute atomic E-state index is 11.4. The highest BCUT2D eigenvalue weighted by molar-refractivity contribution is 7.91. The number of hydrogen-bond acceptors (Lipinski definition) is 5. The van der Waals surface area contributed by atoms with Crippen molar-refractivity contribution in [2.75, 3.05) is 16.8 Å². The molecular formula is C12H19N3O2S. The van der Waals surface area contributed by atoms with Gasteiger partial charge in [0, 0.05) is 24.2 Å². The van der Waals surface area contributed by atoms with Crippen molar-refractivity contribution < 1.29 is 8.42 Å². The molecule has 0 radical (unpaired) electrons. The highest BCUT2D eigenvalue weighted by Gasteiger charge is 2.27. The Bertz CT molecular complexity index is 528. The highest BCUT2D eigenvalue weighted by atomic mass is 32.2. The van der Waals surface area contributed by atoms with Crippen LogP contribution in [0.25, 0.3) is 0 Å². The molecule has 1 aliphatic heterocycles. The van der Waals surface area contributed by atoms with E-state index in [1.807, 2.05) is 13.0 Å². The fourth-order valence-corrected chi connectivity index (χ4v) is 3.83. The van der Waals surface area contributed by atoms with E-state index in [1.165, 1.54) is 0 Å². The van der Waals surface area contributed by atoms with E-state index in [9.17, 15) is 8.42 Å². The van der Waals surface area contributed by atoms with Gasteiger partial charge in [0.25, 0.3) is 0 Å². The van der Waals surface area contributed by atoms with Crippen LogP contribution in [0.15, 0.2) is 6.07 Å². The maximum Gasteiger partial charge on any atom is 0.152 e. The van der Waals surface area contributed by atoms with Crippen LogP contribution in [-0.4, -0.2) is 35.9 Å². The van der Waals surface area contributed by atoms with Crippen molar-refractivity contribution in [3.8, 4) is 0 Å². The smallest absolute Gasteiger partial charge is 0.152 e. The average Bonchev–Trinajstić information content (AvgIpc) is 2.57. The molecule has 1 fully saturated rings. The van der Waals surface area contributed by atoms with Gasteiger partial charge in [0.2, 0.25) is 0 Å². The van der Waals surface area contributed by atoms with Gasteiger partial charge < -0.3 is 5.32 Å². The number of sulfone groups is 1. The van der Waals surface area contributed by atoms with Gasteiger partial charge in [-0.2, -0.15) is 0 Å². The van der Waals surface area contributed by atoms with E-state index in [-0.39, 0.29) is 17.5 Å². The second-order valence-electron chi connectivity index (χ2n) is 4.81. The molecule has 100 valence electrons. The quantitative estimate of drug-likeness (QED) is 0.893. The molecule has 1 N–H and O–H groups in total. The number of rotatable bonds is 4. The van der Waals surface area contributed by atoms with Gasteiger partial charge in [-0.1, -0.05) is 6.92 Å². The molecule has 5 nitrogen and oxygen atoms in total. The zero-order valence-corrected chi connectivity index (χ0v) is 11.6. The molecule has 0 amide bonds. The molecule has 1 aliphatic rings. The van der Waals surface area contributed by atoms with Crippen LogP contribution >= 0.6 is 0 Å². The Morgan fingerprint density at radius 1 is 1.44 bits per heavy atom. The van der Waals surface area contributed by atoms with E-state index >= 15 is 0 Å². The van der Waals surface area contributed by atoms with Crippen LogP contribution in [0, 0.1) is 6.92 Å². The van der Waals surface area contributed by atoms with E-state index in [4.69, 9.17) is 0 Å². The van der Waals surface area contributed by atoms with Crippen molar-refractivity contribution in [3.63, 3.8) is 0 Å². The van der Waals surface area contributed by atoms with Crippen molar-refractivity contribution in [3.05, 3.63) is 17.6 Å². The Balaban J connectivity index is 2.09. The number of nitrogens with one attached hydrogen (secondary N) is 1. The van der Waals surface area contributed by atoms with Crippen LogP contribution in [0.2, 0.25) is 0 Å². The molecule has 1 atom stereocenters. The van der Waals surface area contributed by atoms with Crippen molar-refractivity contribution in [1.29, 1.82) is 0 Å². The summed E-state index contributed by atoms with van der Waals surface area (Å²) in [6.45, 7) is 4.01. The molecule has 1 aromatic rings. The first-order chi connectivity index (χ1) is 8.48. The number of aromatic nitrogens is 2. The van der Waals surface area contributed by atoms with E-state index in [2.05, 4.69) is 22.2 Å². The number of nitrogens with zero attached hydrogens (tertiary/aromatic N) is 2. The van der Waals surface area contributed by atoms with Gasteiger partial charge in [0.1, 0.15) is 11.6 Å². The first kappa shape index (κ1) is 13.3. The lowest BCUT2D eigenvalue weighted by molar-refractivity contribution is 0.602. The third-order valence-corrected chi connectivity index (χ3v) is 4.73. The van der Waals surface area contributed by atoms with Gasteiger partial charge >= 0.3 is 0 Å². The van der Waals surface area contributed by atoms with Crippen LogP contribution in [0.3, 0.4) is 0 Å². The van der Waals surface area contributed by atoms with Crippen LogP contribution in [0.4, 0.5) is 5.82 Å². The summed E-state index contributed by atoms with van der Waals surface area (Å²) >= 11 is 0. The molecule has 1 saturated heterocycles. The zero-order chi connectivity index (χ0) is 13.2. The summed E-state index contributed by atoms with van der Waals surface area (Å²) in [5, 5.41) is 3.21. The third-order valence-electron chi connectivity index (χ3n) is 2.96. The van der Waals surface area contributed by atoms with E-state index in [0.717, 1.165) is 30.2 Å². The van der Waals surface area contributed by atoms with E-state index in [0.29, 0.717) is 6.42 Å². The minimum absolute atomic E-state index is 0.0150. The van der Waals surface area contributed by atoms with Gasteiger partial charge in [0.15, 0.2) is 9.84 Å². The fraction of sp³-hybridized carbons (Fsp3) is 0.667. The molecule has 1 aromatic heterocycles. The molecule has 2 rings (SSSR count). The Morgan fingerprint density at radius 2 is 2.22 bits per heavy atom. The molecular weight excluding hydrogens is 250 g/mol. The Hall–Kier alpha value is -1.17. The second kappa shape index (κ2) is 5.22. The van der Waals surface area contributed by atoms with Gasteiger partial charge in [-0.05, 0) is 19.8 Å². The molecule has 1 unspecified atom stereocenters. The fourth-order valence-electron chi connectivity index (χ4n) is 2.16. The summed E-state index contributed by atoms with van der Waals surface area (Å²) in [6.07, 6.45) is 2.51. The maximum atomic E-state index is 11.4. The van der Waals surface area contributed by atoms with Crippen LogP contribution in [0.5, 0.6) is 0 Å². The standard InChI is InChI=1S/C12H19N3O2S/c1-3-4-11-13-9(2)7-12(15-11)14-10-5-6-18(16,17)8-10/h7,10H,3-6,8H2,1-2H3,(H,13,14,15). The number of anilines is 1. The summed E-state index contributed by atoms with van der Waals surface area (Å²) in [7, 11) is -2.85. The Morgan fingerprint density at radius 3 is 2.83 bits per heavy atom. The first-order valence-electron chi connectivity index (χ1n) is 6.30. The summed E-state index contributed by atoms with van der Waals surface area (Å²) in [4.78, 5) is 8.77. The number of aryl methyl sites for hydroxylation is 2. The lowest BCUT2D eigenvalue weighted by Crippen LogP contribution is -2.21. The number of hydrogen-bond donors (Lipinski definition) is 1. The molecule has 0 aromatic carbocycles. The topological polar surface area (TPSA) is 72.0 Å². The normalized spacial score (nSPS) is 22.0. The molecule has 0 aliphatic carbocycles. The van der Waals surface area contributed by atoms with Crippen LogP contribution < -0.4 is 5.32 Å². The van der Waals surface area contributed by atoms with Gasteiger partial charge in [-0.15, -0.1) is 0 Å². The highest BCUT2D eigenvalue weighted by Crippen LogP contribution is 2.17. The molecule has 6 heteroatoms. The second-order valence-corrected chi connectivity index (χ2v) is 7.03. The Kier molecular flexibility index (Phi) is 3.85. The van der Waals surface area contributed by atoms with Crippen molar-refractivity contribution in [2.45, 2.75) is 39.2 Å². The van der Waals surface area contributed by atoms with Crippen LogP contribution in [-0.2, 0) is 16.3 Å². The summed E-state index contributed by atoms with van der Waals surface area (Å²) < 4.78 is 22.8. The predicted molar refractivity (Wildman–Crippen MR) is 71.4 cm³/mol. The first-order valence-corrected chi connectivity index (χ1v) is 8.12. The van der Waals surface area contributed by atoms with E-state index in [1.54, 1.807) is 0 Å². The Labute approximate surface area is 108 Å². The summed E-state index contributed by atoms with van der Waals surface area (Å²) in [5.74, 6) is 2.05. The summed E-state index contributed by atoms with van der Waals surface area (Å²) in [5.41, 5.74) is 0.914. The van der Waals surface area contributed by atoms with Gasteiger partial charge in [-0.25, -0.2) is 18.4 Å². The third kappa shape index (κ3) is 3.41. The predicted octanol–water partition coefficient (Wildman–Crippen LogP) is 1.34. The van der Waals surface area contributed by atoms with Crippen molar-refractivity contribution in [1.82, 2.24) is 9.97 Å². The van der Waals surface area contributed by atoms with E-state index < -0.39 is 9.84 Å². The minimum Gasteiger partial charge on any atom is -0.366 e. The summed E-state index contributed by atoms with van der Waals surface area (Å²) in [6, 6.07) is 1.85. The largest absolute Gasteiger partial charge is 0.366 e. The molecule has 0 spiro atoms. The molecule has 0 bridgehead atoms. The lowest BCUT2D eigenvalue weighted by Gasteiger charge is -2.12. The van der Waals surface area contributed by atoms with Crippen LogP contribution in [0.1, 0.15) is 31.3 Å². The lowest BCUT2D eigenvalue weighted by atomic mass is 10.2. The van der Waals surface area contributed by atoms with Crippen molar-refractivity contribution >= 4 is 15.7 Å². The molecule has 0 saturated carbocycles. The molecule has 18 heavy (non-hydrogen) atoms. The average molecular weight is 269 g/mol. The van der Waals surface area contributed by atoms with Gasteiger partial charge in [-0.3, -0.25) is 0 Å². The monoisotopic (exact) mass is 269 g/mol. The van der Waals surface area contributed by atoms with Gasteiger partial charge in [0.05, 0.1) is 11.5 Å². The van der Waals surface area contributed by atoms with Crippen molar-refractivity contribution in [2.24, 2.45) is 0 Å². The minimum atomic E-state index is -2.85. The zero-order valence-electron chi connectivity index (χ0n) is 10.8.